The lowest BCUT2D eigenvalue weighted by molar-refractivity contribution is 0.00578. The fourth-order valence-electron chi connectivity index (χ4n) is 5.69. The van der Waals surface area contributed by atoms with Crippen LogP contribution in [0.3, 0.4) is 0 Å². The molecule has 1 amide bonds. The maximum absolute atomic E-state index is 13.0. The van der Waals surface area contributed by atoms with Gasteiger partial charge in [0.25, 0.3) is 0 Å². The molecule has 4 aromatic carbocycles. The van der Waals surface area contributed by atoms with Crippen LogP contribution in [0.4, 0.5) is 4.79 Å². The Labute approximate surface area is 247 Å². The third kappa shape index (κ3) is 5.30. The first-order chi connectivity index (χ1) is 20.1. The molecule has 0 radical (unpaired) electrons. The van der Waals surface area contributed by atoms with Crippen LogP contribution in [0.1, 0.15) is 50.3 Å². The van der Waals surface area contributed by atoms with Crippen molar-refractivity contribution in [3.05, 3.63) is 107 Å². The number of hydrogen-bond donors (Lipinski definition) is 1. The maximum Gasteiger partial charge on any atom is 0.492 e. The highest BCUT2D eigenvalue weighted by Crippen LogP contribution is 2.44. The lowest BCUT2D eigenvalue weighted by Gasteiger charge is -2.32. The zero-order valence-corrected chi connectivity index (χ0v) is 24.8. The topological polar surface area (TPSA) is 66.0 Å². The number of carbonyl (C=O) groups excluding carboxylic acids is 1. The summed E-state index contributed by atoms with van der Waals surface area (Å²) in [6, 6.07) is 28.8. The van der Waals surface area contributed by atoms with Gasteiger partial charge in [-0.1, -0.05) is 72.8 Å². The average molecular weight is 561 g/mol. The van der Waals surface area contributed by atoms with E-state index in [9.17, 15) is 4.79 Å². The zero-order chi connectivity index (χ0) is 29.5. The highest BCUT2D eigenvalue weighted by molar-refractivity contribution is 6.56. The molecule has 1 aliphatic heterocycles. The second-order valence-electron chi connectivity index (χ2n) is 12.0. The minimum absolute atomic E-state index is 0.00233. The summed E-state index contributed by atoms with van der Waals surface area (Å²) in [5.41, 5.74) is 5.50. The lowest BCUT2D eigenvalue weighted by atomic mass is 9.77. The van der Waals surface area contributed by atoms with Crippen LogP contribution >= 0.6 is 0 Å². The summed E-state index contributed by atoms with van der Waals surface area (Å²) in [6.45, 7) is 8.55. The summed E-state index contributed by atoms with van der Waals surface area (Å²) in [6.07, 6.45) is 1.54. The van der Waals surface area contributed by atoms with Gasteiger partial charge in [-0.15, -0.1) is 0 Å². The van der Waals surface area contributed by atoms with E-state index in [4.69, 9.17) is 18.8 Å². The Balaban J connectivity index is 1.20. The first-order valence-corrected chi connectivity index (χ1v) is 14.4. The van der Waals surface area contributed by atoms with E-state index in [1.807, 2.05) is 82.3 Å². The molecule has 1 N–H and O–H groups in total. The Hall–Kier alpha value is -4.07. The summed E-state index contributed by atoms with van der Waals surface area (Å²) in [5, 5.41) is 5.12. The maximum atomic E-state index is 13.0. The highest BCUT2D eigenvalue weighted by atomic mass is 16.7. The van der Waals surface area contributed by atoms with E-state index in [0.717, 1.165) is 27.6 Å². The number of fused-ring (bicyclic) bond motifs is 4. The summed E-state index contributed by atoms with van der Waals surface area (Å²) in [5.74, 6) is 0.813. The summed E-state index contributed by atoms with van der Waals surface area (Å²) < 4.78 is 23.9. The van der Waals surface area contributed by atoms with Gasteiger partial charge in [0, 0.05) is 12.5 Å². The standard InChI is InChI=1S/C35H36BNO5/c1-34(2)35(3,4)42-36(41-34)26(19-23-14-15-25-20-27(39-5)17-16-24(25)18-23)21-37-33(38)40-22-32-30-12-8-6-10-28(30)29-11-7-9-13-31(29)32/h6-20,32H,21-22H2,1-5H3,(H,37,38). The fraction of sp³-hybridized carbons (Fsp3) is 0.286. The van der Waals surface area contributed by atoms with Gasteiger partial charge in [0.05, 0.1) is 18.3 Å². The molecule has 1 saturated heterocycles. The van der Waals surface area contributed by atoms with Gasteiger partial charge in [0.15, 0.2) is 0 Å². The molecule has 1 heterocycles. The second kappa shape index (κ2) is 11.0. The monoisotopic (exact) mass is 561 g/mol. The molecule has 0 atom stereocenters. The largest absolute Gasteiger partial charge is 0.497 e. The zero-order valence-electron chi connectivity index (χ0n) is 24.8. The van der Waals surface area contributed by atoms with Crippen LogP contribution in [0.25, 0.3) is 28.0 Å². The van der Waals surface area contributed by atoms with Crippen molar-refractivity contribution in [1.29, 1.82) is 0 Å². The van der Waals surface area contributed by atoms with Crippen LogP contribution in [0, 0.1) is 0 Å². The molecule has 7 heteroatoms. The molecule has 6 rings (SSSR count). The van der Waals surface area contributed by atoms with E-state index in [0.29, 0.717) is 0 Å². The first-order valence-electron chi connectivity index (χ1n) is 14.4. The van der Waals surface area contributed by atoms with Gasteiger partial charge in [-0.05, 0) is 90.0 Å². The number of amides is 1. The Morgan fingerprint density at radius 1 is 0.857 bits per heavy atom. The number of methoxy groups -OCH3 is 1. The van der Waals surface area contributed by atoms with Crippen molar-refractivity contribution in [2.75, 3.05) is 20.3 Å². The van der Waals surface area contributed by atoms with E-state index in [2.05, 4.69) is 41.7 Å². The number of alkyl carbamates (subject to hydrolysis) is 1. The van der Waals surface area contributed by atoms with Gasteiger partial charge in [-0.2, -0.15) is 0 Å². The van der Waals surface area contributed by atoms with E-state index in [-0.39, 0.29) is 19.1 Å². The van der Waals surface area contributed by atoms with Gasteiger partial charge in [-0.25, -0.2) is 4.79 Å². The predicted octanol–water partition coefficient (Wildman–Crippen LogP) is 7.40. The van der Waals surface area contributed by atoms with Crippen molar-refractivity contribution in [1.82, 2.24) is 5.32 Å². The molecule has 2 aliphatic rings. The van der Waals surface area contributed by atoms with Crippen molar-refractivity contribution in [2.24, 2.45) is 0 Å². The fourth-order valence-corrected chi connectivity index (χ4v) is 5.69. The van der Waals surface area contributed by atoms with E-state index in [1.165, 1.54) is 22.3 Å². The van der Waals surface area contributed by atoms with Gasteiger partial charge in [0.1, 0.15) is 12.4 Å². The van der Waals surface area contributed by atoms with Crippen molar-refractivity contribution in [2.45, 2.75) is 44.8 Å². The molecule has 1 fully saturated rings. The van der Waals surface area contributed by atoms with Crippen LogP contribution in [-0.4, -0.2) is 44.7 Å². The van der Waals surface area contributed by atoms with Crippen molar-refractivity contribution >= 4 is 30.1 Å². The SMILES string of the molecule is COc1ccc2cc(C=C(CNC(=O)OCC3c4ccccc4-c4ccccc43)B3OC(C)(C)C(C)(C)O3)ccc2c1. The Kier molecular flexibility index (Phi) is 7.33. The molecule has 0 unspecified atom stereocenters. The van der Waals surface area contributed by atoms with Crippen molar-refractivity contribution in [3.8, 4) is 16.9 Å². The van der Waals surface area contributed by atoms with Crippen LogP contribution in [0.2, 0.25) is 0 Å². The number of benzene rings is 4. The third-order valence-electron chi connectivity index (χ3n) is 8.76. The smallest absolute Gasteiger partial charge is 0.492 e. The van der Waals surface area contributed by atoms with Crippen molar-refractivity contribution < 1.29 is 23.6 Å². The summed E-state index contributed by atoms with van der Waals surface area (Å²) in [7, 11) is 1.05. The minimum Gasteiger partial charge on any atom is -0.497 e. The molecule has 4 aromatic rings. The molecule has 0 aromatic heterocycles. The number of hydrogen-bond acceptors (Lipinski definition) is 5. The van der Waals surface area contributed by atoms with E-state index >= 15 is 0 Å². The van der Waals surface area contributed by atoms with Crippen LogP contribution in [0.15, 0.2) is 90.4 Å². The summed E-state index contributed by atoms with van der Waals surface area (Å²) >= 11 is 0. The third-order valence-corrected chi connectivity index (χ3v) is 8.76. The molecular formula is C35H36BNO5. The highest BCUT2D eigenvalue weighted by Gasteiger charge is 2.52. The normalized spacial score (nSPS) is 17.2. The predicted molar refractivity (Wildman–Crippen MR) is 168 cm³/mol. The van der Waals surface area contributed by atoms with Gasteiger partial charge >= 0.3 is 13.2 Å². The van der Waals surface area contributed by atoms with Gasteiger partial charge in [0.2, 0.25) is 0 Å². The Bertz CT molecular complexity index is 1620. The minimum atomic E-state index is -0.615. The van der Waals surface area contributed by atoms with E-state index in [1.54, 1.807) is 7.11 Å². The van der Waals surface area contributed by atoms with Crippen molar-refractivity contribution in [3.63, 3.8) is 0 Å². The molecule has 42 heavy (non-hydrogen) atoms. The Morgan fingerprint density at radius 3 is 2.10 bits per heavy atom. The van der Waals surface area contributed by atoms with Crippen LogP contribution in [-0.2, 0) is 14.0 Å². The molecule has 0 spiro atoms. The molecular weight excluding hydrogens is 525 g/mol. The second-order valence-corrected chi connectivity index (χ2v) is 12.0. The van der Waals surface area contributed by atoms with Gasteiger partial charge < -0.3 is 24.1 Å². The summed E-state index contributed by atoms with van der Waals surface area (Å²) in [4.78, 5) is 13.0. The molecule has 6 nitrogen and oxygen atoms in total. The first kappa shape index (κ1) is 28.1. The molecule has 0 bridgehead atoms. The quantitative estimate of drug-likeness (QED) is 0.238. The average Bonchev–Trinajstić information content (AvgIpc) is 3.42. The number of nitrogens with one attached hydrogen (secondary N) is 1. The lowest BCUT2D eigenvalue weighted by Crippen LogP contribution is -2.41. The number of rotatable bonds is 7. The van der Waals surface area contributed by atoms with E-state index < -0.39 is 24.4 Å². The number of ether oxygens (including phenoxy) is 2. The Morgan fingerprint density at radius 2 is 1.45 bits per heavy atom. The van der Waals surface area contributed by atoms with Gasteiger partial charge in [-0.3, -0.25) is 0 Å². The van der Waals surface area contributed by atoms with Crippen LogP contribution in [0.5, 0.6) is 5.75 Å². The molecule has 0 saturated carbocycles. The molecule has 214 valence electrons. The molecule has 1 aliphatic carbocycles. The van der Waals surface area contributed by atoms with Crippen LogP contribution < -0.4 is 10.1 Å². The number of carbonyl (C=O) groups is 1.